The van der Waals surface area contributed by atoms with Crippen molar-refractivity contribution in [2.24, 2.45) is 0 Å². The van der Waals surface area contributed by atoms with E-state index in [-0.39, 0.29) is 6.61 Å². The summed E-state index contributed by atoms with van der Waals surface area (Å²) in [6.45, 7) is 2.29. The highest BCUT2D eigenvalue weighted by molar-refractivity contribution is 7.10. The Morgan fingerprint density at radius 3 is 2.47 bits per heavy atom. The molecule has 0 aliphatic rings. The zero-order valence-electron chi connectivity index (χ0n) is 10.0. The molecule has 1 N–H and O–H groups in total. The first-order valence-electron chi connectivity index (χ1n) is 5.49. The number of rotatable bonds is 4. The van der Waals surface area contributed by atoms with E-state index in [2.05, 4.69) is 0 Å². The van der Waals surface area contributed by atoms with Crippen molar-refractivity contribution >= 4 is 11.3 Å². The molecule has 1 aromatic carbocycles. The van der Waals surface area contributed by atoms with Crippen molar-refractivity contribution in [2.45, 2.75) is 12.5 Å². The minimum absolute atomic E-state index is 0.257. The van der Waals surface area contributed by atoms with Crippen molar-refractivity contribution in [2.75, 3.05) is 13.7 Å². The Labute approximate surface area is 105 Å². The summed E-state index contributed by atoms with van der Waals surface area (Å²) in [6, 6.07) is 11.6. The number of aryl methyl sites for hydroxylation is 1. The van der Waals surface area contributed by atoms with Crippen LogP contribution >= 0.6 is 11.3 Å². The van der Waals surface area contributed by atoms with E-state index in [0.717, 1.165) is 11.1 Å². The van der Waals surface area contributed by atoms with E-state index in [4.69, 9.17) is 4.74 Å². The van der Waals surface area contributed by atoms with Crippen molar-refractivity contribution in [3.63, 3.8) is 0 Å². The SMILES string of the molecule is COCC(O)(c1ccccc1)c1csc(C)c1. The highest BCUT2D eigenvalue weighted by atomic mass is 32.1. The third-order valence-electron chi connectivity index (χ3n) is 2.81. The zero-order chi connectivity index (χ0) is 12.3. The maximum absolute atomic E-state index is 10.8. The molecule has 0 radical (unpaired) electrons. The molecule has 1 aromatic heterocycles. The van der Waals surface area contributed by atoms with E-state index >= 15 is 0 Å². The second kappa shape index (κ2) is 5.00. The fourth-order valence-electron chi connectivity index (χ4n) is 1.92. The van der Waals surface area contributed by atoms with Gasteiger partial charge < -0.3 is 9.84 Å². The average Bonchev–Trinajstić information content (AvgIpc) is 2.78. The molecule has 0 bridgehead atoms. The topological polar surface area (TPSA) is 29.5 Å². The minimum Gasteiger partial charge on any atom is -0.381 e. The lowest BCUT2D eigenvalue weighted by atomic mass is 9.89. The number of ether oxygens (including phenoxy) is 1. The monoisotopic (exact) mass is 248 g/mol. The van der Waals surface area contributed by atoms with Crippen LogP contribution in [0.1, 0.15) is 16.0 Å². The fourth-order valence-corrected chi connectivity index (χ4v) is 2.69. The predicted molar refractivity (Wildman–Crippen MR) is 70.4 cm³/mol. The average molecular weight is 248 g/mol. The Kier molecular flexibility index (Phi) is 3.62. The van der Waals surface area contributed by atoms with Crippen molar-refractivity contribution in [3.05, 3.63) is 57.8 Å². The first-order chi connectivity index (χ1) is 8.16. The molecule has 0 fully saturated rings. The van der Waals surface area contributed by atoms with Crippen molar-refractivity contribution in [1.29, 1.82) is 0 Å². The molecule has 0 saturated heterocycles. The van der Waals surface area contributed by atoms with Gasteiger partial charge in [-0.05, 0) is 23.9 Å². The standard InChI is InChI=1S/C14H16O2S/c1-11-8-13(9-17-11)14(15,10-16-2)12-6-4-3-5-7-12/h3-9,15H,10H2,1-2H3. The third-order valence-corrected chi connectivity index (χ3v) is 3.67. The van der Waals surface area contributed by atoms with Gasteiger partial charge in [-0.1, -0.05) is 30.3 Å². The van der Waals surface area contributed by atoms with E-state index in [0.29, 0.717) is 0 Å². The van der Waals surface area contributed by atoms with E-state index in [1.807, 2.05) is 48.7 Å². The molecular formula is C14H16O2S. The number of benzene rings is 1. The van der Waals surface area contributed by atoms with Crippen LogP contribution in [-0.4, -0.2) is 18.8 Å². The summed E-state index contributed by atoms with van der Waals surface area (Å²) in [5.74, 6) is 0. The van der Waals surface area contributed by atoms with Crippen molar-refractivity contribution < 1.29 is 9.84 Å². The Bertz CT molecular complexity index is 478. The summed E-state index contributed by atoms with van der Waals surface area (Å²) in [6.07, 6.45) is 0. The maximum atomic E-state index is 10.8. The molecule has 0 spiro atoms. The summed E-state index contributed by atoms with van der Waals surface area (Å²) in [7, 11) is 1.60. The van der Waals surface area contributed by atoms with Gasteiger partial charge in [-0.3, -0.25) is 0 Å². The molecule has 1 heterocycles. The van der Waals surface area contributed by atoms with Gasteiger partial charge in [-0.2, -0.15) is 0 Å². The van der Waals surface area contributed by atoms with Gasteiger partial charge in [0.2, 0.25) is 0 Å². The van der Waals surface area contributed by atoms with Gasteiger partial charge >= 0.3 is 0 Å². The smallest absolute Gasteiger partial charge is 0.139 e. The van der Waals surface area contributed by atoms with E-state index < -0.39 is 5.60 Å². The molecule has 0 aliphatic heterocycles. The third kappa shape index (κ3) is 2.41. The second-order valence-electron chi connectivity index (χ2n) is 4.11. The molecule has 1 unspecified atom stereocenters. The van der Waals surface area contributed by atoms with Gasteiger partial charge in [0.05, 0.1) is 6.61 Å². The molecule has 0 aliphatic carbocycles. The van der Waals surface area contributed by atoms with Crippen LogP contribution in [0.3, 0.4) is 0 Å². The first-order valence-corrected chi connectivity index (χ1v) is 6.37. The Balaban J connectivity index is 2.46. The Morgan fingerprint density at radius 2 is 1.94 bits per heavy atom. The van der Waals surface area contributed by atoms with Crippen LogP contribution in [0.25, 0.3) is 0 Å². The lowest BCUT2D eigenvalue weighted by molar-refractivity contribution is -0.00299. The van der Waals surface area contributed by atoms with Crippen LogP contribution < -0.4 is 0 Å². The molecule has 0 saturated carbocycles. The summed E-state index contributed by atoms with van der Waals surface area (Å²) >= 11 is 1.64. The highest BCUT2D eigenvalue weighted by Crippen LogP contribution is 2.32. The summed E-state index contributed by atoms with van der Waals surface area (Å²) in [5.41, 5.74) is 0.702. The summed E-state index contributed by atoms with van der Waals surface area (Å²) in [4.78, 5) is 1.19. The highest BCUT2D eigenvalue weighted by Gasteiger charge is 2.32. The molecule has 2 nitrogen and oxygen atoms in total. The first kappa shape index (κ1) is 12.3. The second-order valence-corrected chi connectivity index (χ2v) is 5.22. The van der Waals surface area contributed by atoms with Gasteiger partial charge in [0, 0.05) is 17.6 Å². The number of hydrogen-bond donors (Lipinski definition) is 1. The predicted octanol–water partition coefficient (Wildman–Crippen LogP) is 2.94. The Morgan fingerprint density at radius 1 is 1.24 bits per heavy atom. The van der Waals surface area contributed by atoms with Gasteiger partial charge in [0.25, 0.3) is 0 Å². The van der Waals surface area contributed by atoms with Gasteiger partial charge in [0.1, 0.15) is 5.60 Å². The Hall–Kier alpha value is -1.16. The summed E-state index contributed by atoms with van der Waals surface area (Å²) in [5, 5.41) is 12.8. The van der Waals surface area contributed by atoms with Crippen LogP contribution in [0, 0.1) is 6.92 Å². The van der Waals surface area contributed by atoms with E-state index in [9.17, 15) is 5.11 Å². The molecule has 2 rings (SSSR count). The maximum Gasteiger partial charge on any atom is 0.139 e. The van der Waals surface area contributed by atoms with Crippen LogP contribution in [0.2, 0.25) is 0 Å². The number of hydrogen-bond acceptors (Lipinski definition) is 3. The van der Waals surface area contributed by atoms with Gasteiger partial charge in [-0.15, -0.1) is 11.3 Å². The molecular weight excluding hydrogens is 232 g/mol. The number of aliphatic hydroxyl groups is 1. The molecule has 3 heteroatoms. The lowest BCUT2D eigenvalue weighted by Crippen LogP contribution is -2.32. The summed E-state index contributed by atoms with van der Waals surface area (Å²) < 4.78 is 5.18. The van der Waals surface area contributed by atoms with Crippen LogP contribution in [0.15, 0.2) is 41.8 Å². The van der Waals surface area contributed by atoms with Crippen LogP contribution in [0.4, 0.5) is 0 Å². The van der Waals surface area contributed by atoms with Crippen molar-refractivity contribution in [3.8, 4) is 0 Å². The van der Waals surface area contributed by atoms with Crippen LogP contribution in [0.5, 0.6) is 0 Å². The quantitative estimate of drug-likeness (QED) is 0.901. The molecule has 2 aromatic rings. The van der Waals surface area contributed by atoms with Crippen molar-refractivity contribution in [1.82, 2.24) is 0 Å². The van der Waals surface area contributed by atoms with Crippen LogP contribution in [-0.2, 0) is 10.3 Å². The molecule has 0 amide bonds. The molecule has 17 heavy (non-hydrogen) atoms. The largest absolute Gasteiger partial charge is 0.381 e. The fraction of sp³-hybridized carbons (Fsp3) is 0.286. The molecule has 90 valence electrons. The van der Waals surface area contributed by atoms with Gasteiger partial charge in [-0.25, -0.2) is 0 Å². The lowest BCUT2D eigenvalue weighted by Gasteiger charge is -2.27. The normalized spacial score (nSPS) is 14.5. The molecule has 1 atom stereocenters. The number of thiophene rings is 1. The van der Waals surface area contributed by atoms with E-state index in [1.165, 1.54) is 4.88 Å². The minimum atomic E-state index is -1.05. The number of methoxy groups -OCH3 is 1. The zero-order valence-corrected chi connectivity index (χ0v) is 10.8. The van der Waals surface area contributed by atoms with E-state index in [1.54, 1.807) is 18.4 Å². The van der Waals surface area contributed by atoms with Gasteiger partial charge in [0.15, 0.2) is 0 Å².